The van der Waals surface area contributed by atoms with Crippen molar-refractivity contribution in [1.82, 2.24) is 0 Å². The van der Waals surface area contributed by atoms with Crippen molar-refractivity contribution in [2.45, 2.75) is 121 Å². The number of nitrogens with zero attached hydrogens (tertiary/aromatic N) is 2. The summed E-state index contributed by atoms with van der Waals surface area (Å²) in [7, 11) is -1.29. The van der Waals surface area contributed by atoms with E-state index < -0.39 is 14.7 Å². The normalized spacial score (nSPS) is 21.5. The van der Waals surface area contributed by atoms with E-state index in [0.29, 0.717) is 23.7 Å². The lowest BCUT2D eigenvalue weighted by molar-refractivity contribution is 0.495. The van der Waals surface area contributed by atoms with Gasteiger partial charge >= 0.3 is 0 Å². The van der Waals surface area contributed by atoms with Crippen LogP contribution in [0.15, 0.2) is 59.4 Å². The summed E-state index contributed by atoms with van der Waals surface area (Å²) in [6.45, 7) is 29.2. The molecule has 5 heteroatoms. The molecule has 3 nitrogen and oxygen atoms in total. The molecule has 0 N–H and O–H groups in total. The molecule has 0 spiro atoms. The highest BCUT2D eigenvalue weighted by atomic mass is 32.1. The maximum Gasteiger partial charge on any atom is 0.193 e. The van der Waals surface area contributed by atoms with Crippen molar-refractivity contribution in [3.05, 3.63) is 81.7 Å². The van der Waals surface area contributed by atoms with Gasteiger partial charge < -0.3 is 4.57 Å². The van der Waals surface area contributed by atoms with Gasteiger partial charge in [0.25, 0.3) is 0 Å². The summed E-state index contributed by atoms with van der Waals surface area (Å²) in [5.74, 6) is 5.80. The summed E-state index contributed by atoms with van der Waals surface area (Å²) in [6.07, 6.45) is 0. The first-order valence-electron chi connectivity index (χ1n) is 15.5. The highest BCUT2D eigenvalue weighted by molar-refractivity contribution is 8.38. The van der Waals surface area contributed by atoms with Crippen molar-refractivity contribution >= 4 is 26.1 Å². The molecule has 2 heterocycles. The SMILES string of the molecule is CC(C)c1cccc(C(C)C)c1N1C(C(C)(C)C)=CP2(=O)C=C(C(C)(C)C)N(c3c(C(C)C)cccc3C(C)C)P12. The first-order chi connectivity index (χ1) is 18.8. The molecule has 0 aromatic heterocycles. The smallest absolute Gasteiger partial charge is 0.193 e. The Morgan fingerprint density at radius 1 is 0.561 bits per heavy atom. The van der Waals surface area contributed by atoms with Gasteiger partial charge in [-0.2, -0.15) is 0 Å². The number of allylic oxidation sites excluding steroid dienone is 2. The highest BCUT2D eigenvalue weighted by Gasteiger charge is 2.57. The molecule has 0 unspecified atom stereocenters. The number of fused-ring (bicyclic) bond motifs is 1. The number of hydrogen-bond donors (Lipinski definition) is 0. The number of anilines is 2. The first kappa shape index (κ1) is 32.1. The second kappa shape index (κ2) is 11.0. The van der Waals surface area contributed by atoms with Crippen LogP contribution in [0, 0.1) is 10.8 Å². The fourth-order valence-electron chi connectivity index (χ4n) is 6.12. The van der Waals surface area contributed by atoms with Crippen LogP contribution in [0.5, 0.6) is 0 Å². The van der Waals surface area contributed by atoms with E-state index in [0.717, 1.165) is 0 Å². The van der Waals surface area contributed by atoms with Gasteiger partial charge in [-0.3, -0.25) is 9.34 Å². The average Bonchev–Trinajstić information content (AvgIpc) is 3.31. The Balaban J connectivity index is 2.18. The monoisotopic (exact) mass is 592 g/mol. The zero-order chi connectivity index (χ0) is 30.8. The fourth-order valence-corrected chi connectivity index (χ4v) is 15.0. The Kier molecular flexibility index (Phi) is 8.63. The average molecular weight is 593 g/mol. The standard InChI is InChI=1S/C36H54N2OP2/c1-23(2)27-17-15-18-28(24(3)4)33(27)37-31(35(9,10)11)21-41(39)22-32(36(12,13)14)38(40(37)41)34-29(25(5)6)19-16-20-30(34)26(7)8/h15-26H,1-14H3. The quantitative estimate of drug-likeness (QED) is 0.312. The molecule has 0 saturated carbocycles. The van der Waals surface area contributed by atoms with Crippen LogP contribution in [0.4, 0.5) is 11.4 Å². The molecule has 2 aliphatic rings. The van der Waals surface area contributed by atoms with Crippen LogP contribution >= 0.6 is 14.7 Å². The number of hydrogen-bond acceptors (Lipinski definition) is 3. The van der Waals surface area contributed by atoms with Crippen LogP contribution in [0.1, 0.15) is 143 Å². The summed E-state index contributed by atoms with van der Waals surface area (Å²) in [6, 6.07) is 13.6. The maximum absolute atomic E-state index is 15.6. The fraction of sp³-hybridized carbons (Fsp3) is 0.556. The molecule has 0 fully saturated rings. The van der Waals surface area contributed by atoms with E-state index in [-0.39, 0.29) is 10.8 Å². The maximum atomic E-state index is 15.6. The second-order valence-corrected chi connectivity index (χ2v) is 21.4. The van der Waals surface area contributed by atoms with Gasteiger partial charge in [-0.15, -0.1) is 0 Å². The molecule has 0 atom stereocenters. The van der Waals surface area contributed by atoms with Gasteiger partial charge in [0, 0.05) is 33.9 Å². The van der Waals surface area contributed by atoms with Gasteiger partial charge in [-0.25, -0.2) is 0 Å². The molecule has 0 aliphatic carbocycles. The Bertz CT molecular complexity index is 1260. The molecule has 0 saturated heterocycles. The predicted octanol–water partition coefficient (Wildman–Crippen LogP) is 12.9. The highest BCUT2D eigenvalue weighted by Crippen LogP contribution is 2.91. The first-order valence-corrected chi connectivity index (χ1v) is 19.3. The minimum atomic E-state index is -2.89. The van der Waals surface area contributed by atoms with E-state index in [1.165, 1.54) is 45.0 Å². The third kappa shape index (κ3) is 5.63. The zero-order valence-electron chi connectivity index (χ0n) is 28.1. The molecular formula is C36H54N2OP2. The lowest BCUT2D eigenvalue weighted by Crippen LogP contribution is -2.33. The van der Waals surface area contributed by atoms with Crippen LogP contribution < -0.4 is 9.34 Å². The lowest BCUT2D eigenvalue weighted by Gasteiger charge is -2.45. The summed E-state index contributed by atoms with van der Waals surface area (Å²) < 4.78 is 20.8. The largest absolute Gasteiger partial charge is 0.306 e. The molecule has 41 heavy (non-hydrogen) atoms. The van der Waals surface area contributed by atoms with Gasteiger partial charge in [0.15, 0.2) is 14.7 Å². The Morgan fingerprint density at radius 2 is 0.829 bits per heavy atom. The van der Waals surface area contributed by atoms with Crippen LogP contribution in [-0.4, -0.2) is 0 Å². The molecule has 0 bridgehead atoms. The van der Waals surface area contributed by atoms with E-state index in [4.69, 9.17) is 0 Å². The molecule has 0 amide bonds. The van der Waals surface area contributed by atoms with Gasteiger partial charge in [0.2, 0.25) is 0 Å². The van der Waals surface area contributed by atoms with Crippen LogP contribution in [0.2, 0.25) is 0 Å². The summed E-state index contributed by atoms with van der Waals surface area (Å²) in [5.41, 5.74) is 9.99. The van der Waals surface area contributed by atoms with Crippen molar-refractivity contribution < 1.29 is 4.57 Å². The Labute approximate surface area is 252 Å². The predicted molar refractivity (Wildman–Crippen MR) is 184 cm³/mol. The second-order valence-electron chi connectivity index (χ2n) is 15.3. The van der Waals surface area contributed by atoms with Crippen molar-refractivity contribution in [2.24, 2.45) is 10.8 Å². The van der Waals surface area contributed by atoms with Crippen molar-refractivity contribution in [2.75, 3.05) is 9.34 Å². The van der Waals surface area contributed by atoms with Crippen LogP contribution in [0.25, 0.3) is 0 Å². The van der Waals surface area contributed by atoms with Gasteiger partial charge in [0.1, 0.15) is 0 Å². The molecule has 224 valence electrons. The zero-order valence-corrected chi connectivity index (χ0v) is 29.9. The molecule has 2 aliphatic heterocycles. The van der Waals surface area contributed by atoms with Crippen LogP contribution in [-0.2, 0) is 4.57 Å². The third-order valence-electron chi connectivity index (χ3n) is 8.35. The third-order valence-corrected chi connectivity index (χ3v) is 15.1. The number of benzene rings is 2. The Hall–Kier alpha value is -1.82. The minimum absolute atomic E-state index is 0.164. The molecular weight excluding hydrogens is 538 g/mol. The van der Waals surface area contributed by atoms with E-state index in [9.17, 15) is 0 Å². The number of rotatable bonds is 6. The summed E-state index contributed by atoms with van der Waals surface area (Å²) >= 11 is 0. The van der Waals surface area contributed by atoms with E-state index in [2.05, 4.69) is 154 Å². The van der Waals surface area contributed by atoms with Crippen molar-refractivity contribution in [1.29, 1.82) is 0 Å². The molecule has 0 radical (unpaired) electrons. The minimum Gasteiger partial charge on any atom is -0.306 e. The van der Waals surface area contributed by atoms with Gasteiger partial charge in [0.05, 0.1) is 11.4 Å². The van der Waals surface area contributed by atoms with E-state index in [1.807, 2.05) is 0 Å². The van der Waals surface area contributed by atoms with Crippen LogP contribution in [0.3, 0.4) is 0 Å². The van der Waals surface area contributed by atoms with E-state index >= 15 is 4.57 Å². The topological polar surface area (TPSA) is 23.6 Å². The van der Waals surface area contributed by atoms with Gasteiger partial charge in [-0.05, 0) is 45.9 Å². The van der Waals surface area contributed by atoms with E-state index in [1.54, 1.807) is 0 Å². The van der Waals surface area contributed by atoms with Crippen molar-refractivity contribution in [3.63, 3.8) is 0 Å². The summed E-state index contributed by atoms with van der Waals surface area (Å²) in [5, 5.41) is 0. The molecule has 2 aromatic carbocycles. The molecule has 4 rings (SSSR count). The summed E-state index contributed by atoms with van der Waals surface area (Å²) in [4.78, 5) is 0. The number of para-hydroxylation sites is 2. The van der Waals surface area contributed by atoms with Gasteiger partial charge in [-0.1, -0.05) is 133 Å². The van der Waals surface area contributed by atoms with Crippen molar-refractivity contribution in [3.8, 4) is 0 Å². The Morgan fingerprint density at radius 3 is 1.05 bits per heavy atom. The lowest BCUT2D eigenvalue weighted by atomic mass is 9.89. The molecule has 2 aromatic rings.